The van der Waals surface area contributed by atoms with Crippen LogP contribution in [0, 0.1) is 5.92 Å². The summed E-state index contributed by atoms with van der Waals surface area (Å²) in [7, 11) is 0. The average molecular weight is 710 g/mol. The summed E-state index contributed by atoms with van der Waals surface area (Å²) in [6, 6.07) is 19.7. The van der Waals surface area contributed by atoms with Gasteiger partial charge in [0, 0.05) is 37.1 Å². The highest BCUT2D eigenvalue weighted by atomic mass is 16.2. The zero-order valence-corrected chi connectivity index (χ0v) is 30.2. The number of aromatic amines is 1. The van der Waals surface area contributed by atoms with Crippen LogP contribution in [0.1, 0.15) is 63.3 Å². The molecule has 0 aliphatic heterocycles. The molecule has 0 unspecified atom stereocenters. The van der Waals surface area contributed by atoms with Crippen LogP contribution in [0.3, 0.4) is 0 Å². The Balaban J connectivity index is 1.65. The molecule has 1 heterocycles. The first kappa shape index (κ1) is 39.6. The zero-order valence-electron chi connectivity index (χ0n) is 30.2. The molecule has 52 heavy (non-hydrogen) atoms. The molecule has 276 valence electrons. The predicted octanol–water partition coefficient (Wildman–Crippen LogP) is 3.08. The van der Waals surface area contributed by atoms with Crippen LogP contribution in [0.15, 0.2) is 85.3 Å². The van der Waals surface area contributed by atoms with Crippen LogP contribution >= 0.6 is 0 Å². The molecular formula is C40H51N7O5. The van der Waals surface area contributed by atoms with E-state index in [1.165, 1.54) is 27.1 Å². The standard InChI is InChI=1S/C40H51N7O5/c1-26(48)30(14-9-10-18-41)22-36(49)33(20-27-11-5-4-6-12-27)45-37(50)34(21-28-16-17-29-13-7-8-15-31(29)19-28)46-38(51)35(23-32-24-43-25-44-32)47-39(52)40(2,3)42/h4-8,11-13,15-17,19,24-25,30,33-35H,9-10,14,18,20-23,41-42H2,1-3H3,(H,43,44)(H,45,50)(H,46,51)(H,47,52)/t30-,33-,34-,35+/m1/s1. The number of carbonyl (C=O) groups is 5. The van der Waals surface area contributed by atoms with Gasteiger partial charge in [-0.15, -0.1) is 0 Å². The van der Waals surface area contributed by atoms with E-state index in [0.717, 1.165) is 28.3 Å². The SMILES string of the molecule is CC(=O)[C@H](CCCCN)CC(=O)[C@@H](Cc1ccccc1)NC(=O)[C@@H](Cc1ccc2ccccc2c1)NC(=O)[C@H](Cc1cnc[nH]1)NC(=O)C(C)(C)N. The fourth-order valence-corrected chi connectivity index (χ4v) is 5.99. The summed E-state index contributed by atoms with van der Waals surface area (Å²) < 4.78 is 0. The Morgan fingerprint density at radius 3 is 2.04 bits per heavy atom. The van der Waals surface area contributed by atoms with Crippen LogP contribution in [0.4, 0.5) is 0 Å². The van der Waals surface area contributed by atoms with Gasteiger partial charge >= 0.3 is 0 Å². The van der Waals surface area contributed by atoms with Gasteiger partial charge in [0.25, 0.3) is 0 Å². The maximum atomic E-state index is 14.3. The minimum Gasteiger partial charge on any atom is -0.348 e. The third-order valence-electron chi connectivity index (χ3n) is 9.09. The number of amides is 3. The lowest BCUT2D eigenvalue weighted by Crippen LogP contribution is -2.60. The van der Waals surface area contributed by atoms with Crippen molar-refractivity contribution in [3.05, 3.63) is 102 Å². The highest BCUT2D eigenvalue weighted by Crippen LogP contribution is 2.19. The number of unbranched alkanes of at least 4 members (excludes halogenated alkanes) is 1. The maximum absolute atomic E-state index is 14.3. The summed E-state index contributed by atoms with van der Waals surface area (Å²) in [4.78, 5) is 74.8. The fourth-order valence-electron chi connectivity index (χ4n) is 5.99. The topological polar surface area (TPSA) is 202 Å². The van der Waals surface area contributed by atoms with Gasteiger partial charge in [0.1, 0.15) is 17.9 Å². The number of hydrogen-bond acceptors (Lipinski definition) is 8. The van der Waals surface area contributed by atoms with Crippen LogP contribution in [0.5, 0.6) is 0 Å². The highest BCUT2D eigenvalue weighted by Gasteiger charge is 2.33. The number of H-pyrrole nitrogens is 1. The largest absolute Gasteiger partial charge is 0.348 e. The summed E-state index contributed by atoms with van der Waals surface area (Å²) in [5.74, 6) is -2.62. The summed E-state index contributed by atoms with van der Waals surface area (Å²) in [5, 5.41) is 10.5. The van der Waals surface area contributed by atoms with Crippen LogP contribution in [0.25, 0.3) is 10.8 Å². The number of hydrogen-bond donors (Lipinski definition) is 6. The number of Topliss-reactive ketones (excluding diaryl/α,β-unsaturated/α-hetero) is 2. The van der Waals surface area contributed by atoms with Gasteiger partial charge in [0.15, 0.2) is 5.78 Å². The van der Waals surface area contributed by atoms with E-state index in [4.69, 9.17) is 11.5 Å². The van der Waals surface area contributed by atoms with E-state index in [9.17, 15) is 24.0 Å². The van der Waals surface area contributed by atoms with E-state index >= 15 is 0 Å². The summed E-state index contributed by atoms with van der Waals surface area (Å²) >= 11 is 0. The molecule has 0 bridgehead atoms. The third-order valence-corrected chi connectivity index (χ3v) is 9.09. The second-order valence-electron chi connectivity index (χ2n) is 14.0. The van der Waals surface area contributed by atoms with Gasteiger partial charge in [-0.25, -0.2) is 4.98 Å². The van der Waals surface area contributed by atoms with E-state index in [-0.39, 0.29) is 37.2 Å². The Morgan fingerprint density at radius 2 is 1.40 bits per heavy atom. The van der Waals surface area contributed by atoms with E-state index in [0.29, 0.717) is 25.1 Å². The van der Waals surface area contributed by atoms with Crippen molar-refractivity contribution >= 4 is 40.1 Å². The first-order valence-electron chi connectivity index (χ1n) is 17.8. The number of nitrogens with two attached hydrogens (primary N) is 2. The summed E-state index contributed by atoms with van der Waals surface area (Å²) in [6.45, 7) is 5.03. The molecule has 0 radical (unpaired) electrons. The molecule has 12 heteroatoms. The van der Waals surface area contributed by atoms with Gasteiger partial charge in [0.2, 0.25) is 17.7 Å². The molecule has 4 atom stereocenters. The number of aromatic nitrogens is 2. The zero-order chi connectivity index (χ0) is 37.7. The van der Waals surface area contributed by atoms with Gasteiger partial charge in [-0.05, 0) is 68.5 Å². The molecule has 8 N–H and O–H groups in total. The monoisotopic (exact) mass is 709 g/mol. The van der Waals surface area contributed by atoms with Crippen LogP contribution in [-0.4, -0.2) is 69.5 Å². The molecular weight excluding hydrogens is 658 g/mol. The number of benzene rings is 3. The predicted molar refractivity (Wildman–Crippen MR) is 201 cm³/mol. The molecule has 0 spiro atoms. The highest BCUT2D eigenvalue weighted by molar-refractivity contribution is 5.97. The van der Waals surface area contributed by atoms with Crippen molar-refractivity contribution in [2.24, 2.45) is 17.4 Å². The number of carbonyl (C=O) groups excluding carboxylic acids is 5. The minimum absolute atomic E-state index is 0.0352. The lowest BCUT2D eigenvalue weighted by Gasteiger charge is -2.27. The van der Waals surface area contributed by atoms with E-state index < -0.39 is 47.3 Å². The number of rotatable bonds is 20. The van der Waals surface area contributed by atoms with E-state index in [1.807, 2.05) is 72.8 Å². The van der Waals surface area contributed by atoms with Crippen molar-refractivity contribution in [3.8, 4) is 0 Å². The van der Waals surface area contributed by atoms with Gasteiger partial charge in [0.05, 0.1) is 17.9 Å². The first-order valence-corrected chi connectivity index (χ1v) is 17.8. The van der Waals surface area contributed by atoms with E-state index in [1.54, 1.807) is 6.20 Å². The molecule has 0 fully saturated rings. The van der Waals surface area contributed by atoms with Crippen molar-refractivity contribution in [1.29, 1.82) is 0 Å². The summed E-state index contributed by atoms with van der Waals surface area (Å²) in [5.41, 5.74) is 12.6. The first-order chi connectivity index (χ1) is 24.8. The van der Waals surface area contributed by atoms with Gasteiger partial charge in [-0.1, -0.05) is 79.2 Å². The Labute approximate surface area is 304 Å². The Kier molecular flexibility index (Phi) is 14.4. The number of fused-ring (bicyclic) bond motifs is 1. The van der Waals surface area contributed by atoms with E-state index in [2.05, 4.69) is 25.9 Å². The molecule has 12 nitrogen and oxygen atoms in total. The number of ketones is 2. The second-order valence-corrected chi connectivity index (χ2v) is 14.0. The molecule has 4 aromatic rings. The van der Waals surface area contributed by atoms with Crippen LogP contribution in [0.2, 0.25) is 0 Å². The normalized spacial score (nSPS) is 13.8. The van der Waals surface area contributed by atoms with Crippen LogP contribution in [-0.2, 0) is 43.2 Å². The van der Waals surface area contributed by atoms with Crippen molar-refractivity contribution < 1.29 is 24.0 Å². The number of nitrogens with zero attached hydrogens (tertiary/aromatic N) is 1. The quantitative estimate of drug-likeness (QED) is 0.0752. The van der Waals surface area contributed by atoms with Crippen LogP contribution < -0.4 is 27.4 Å². The lowest BCUT2D eigenvalue weighted by molar-refractivity contribution is -0.134. The lowest BCUT2D eigenvalue weighted by atomic mass is 9.89. The second kappa shape index (κ2) is 18.9. The Morgan fingerprint density at radius 1 is 0.769 bits per heavy atom. The molecule has 3 aromatic carbocycles. The summed E-state index contributed by atoms with van der Waals surface area (Å²) in [6.07, 6.45) is 5.29. The van der Waals surface area contributed by atoms with Crippen molar-refractivity contribution in [3.63, 3.8) is 0 Å². The molecule has 0 saturated carbocycles. The van der Waals surface area contributed by atoms with Gasteiger partial charge in [-0.3, -0.25) is 24.0 Å². The fraction of sp³-hybridized carbons (Fsp3) is 0.400. The maximum Gasteiger partial charge on any atom is 0.243 e. The Hall–Kier alpha value is -5.20. The Bertz CT molecular complexity index is 1800. The van der Waals surface area contributed by atoms with Crippen molar-refractivity contribution in [2.75, 3.05) is 6.54 Å². The molecule has 4 rings (SSSR count). The van der Waals surface area contributed by atoms with Crippen molar-refractivity contribution in [2.45, 2.75) is 89.4 Å². The van der Waals surface area contributed by atoms with Gasteiger partial charge in [-0.2, -0.15) is 0 Å². The molecule has 0 aliphatic rings. The van der Waals surface area contributed by atoms with Gasteiger partial charge < -0.3 is 32.4 Å². The van der Waals surface area contributed by atoms with Crippen molar-refractivity contribution in [1.82, 2.24) is 25.9 Å². The number of imidazole rings is 1. The minimum atomic E-state index is -1.28. The number of nitrogens with one attached hydrogen (secondary N) is 4. The average Bonchev–Trinajstić information content (AvgIpc) is 3.63. The molecule has 0 saturated heterocycles. The third kappa shape index (κ3) is 12.0. The molecule has 1 aromatic heterocycles. The smallest absolute Gasteiger partial charge is 0.243 e. The molecule has 3 amide bonds. The molecule has 0 aliphatic carbocycles.